The molecule has 116 valence electrons. The van der Waals surface area contributed by atoms with Crippen molar-refractivity contribution in [3.05, 3.63) is 34.9 Å². The number of rotatable bonds is 7. The van der Waals surface area contributed by atoms with Gasteiger partial charge in [-0.1, -0.05) is 37.6 Å². The second kappa shape index (κ2) is 7.28. The summed E-state index contributed by atoms with van der Waals surface area (Å²) in [6.07, 6.45) is 3.32. The van der Waals surface area contributed by atoms with Gasteiger partial charge in [-0.2, -0.15) is 0 Å². The zero-order valence-corrected chi connectivity index (χ0v) is 13.6. The van der Waals surface area contributed by atoms with Crippen LogP contribution in [0, 0.1) is 11.8 Å². The zero-order chi connectivity index (χ0) is 15.4. The Balaban J connectivity index is 1.95. The average molecular weight is 309 g/mol. The quantitative estimate of drug-likeness (QED) is 0.841. The van der Waals surface area contributed by atoms with Crippen LogP contribution in [-0.4, -0.2) is 29.9 Å². The maximum absolute atomic E-state index is 12.5. The highest BCUT2D eigenvalue weighted by Gasteiger charge is 2.29. The molecule has 0 bridgehead atoms. The number of nitrogens with zero attached hydrogens (tertiary/aromatic N) is 1. The minimum atomic E-state index is -0.394. The smallest absolute Gasteiger partial charge is 0.239 e. The largest absolute Gasteiger partial charge is 0.341 e. The van der Waals surface area contributed by atoms with Crippen LogP contribution < -0.4 is 5.73 Å². The second-order valence-corrected chi connectivity index (χ2v) is 6.81. The van der Waals surface area contributed by atoms with E-state index in [2.05, 4.69) is 0 Å². The Bertz CT molecular complexity index is 468. The maximum atomic E-state index is 12.5. The number of nitrogens with two attached hydrogens (primary N) is 1. The van der Waals surface area contributed by atoms with Gasteiger partial charge in [-0.25, -0.2) is 0 Å². The highest BCUT2D eigenvalue weighted by molar-refractivity contribution is 6.30. The van der Waals surface area contributed by atoms with Gasteiger partial charge in [-0.05, 0) is 48.8 Å². The van der Waals surface area contributed by atoms with Crippen molar-refractivity contribution in [1.29, 1.82) is 0 Å². The van der Waals surface area contributed by atoms with Crippen LogP contribution in [0.3, 0.4) is 0 Å². The van der Waals surface area contributed by atoms with Crippen LogP contribution in [0.1, 0.15) is 32.3 Å². The van der Waals surface area contributed by atoms with Crippen LogP contribution in [0.2, 0.25) is 5.02 Å². The molecule has 1 aliphatic carbocycles. The molecule has 0 spiro atoms. The Morgan fingerprint density at radius 1 is 1.33 bits per heavy atom. The van der Waals surface area contributed by atoms with E-state index < -0.39 is 6.04 Å². The molecule has 1 fully saturated rings. The summed E-state index contributed by atoms with van der Waals surface area (Å²) in [7, 11) is 0. The molecule has 1 saturated carbocycles. The summed E-state index contributed by atoms with van der Waals surface area (Å²) in [6, 6.07) is 7.43. The van der Waals surface area contributed by atoms with Gasteiger partial charge in [0.1, 0.15) is 0 Å². The first-order chi connectivity index (χ1) is 9.97. The van der Waals surface area contributed by atoms with Gasteiger partial charge in [-0.3, -0.25) is 4.79 Å². The summed E-state index contributed by atoms with van der Waals surface area (Å²) < 4.78 is 0. The van der Waals surface area contributed by atoms with E-state index in [1.54, 1.807) is 0 Å². The number of amides is 1. The molecule has 2 N–H and O–H groups in total. The average Bonchev–Trinajstić information content (AvgIpc) is 3.27. The SMILES string of the molecule is CC(C)[C@H](N)C(=O)N(CCc1ccc(Cl)cc1)CC1CC1. The number of hydrogen-bond acceptors (Lipinski definition) is 2. The normalized spacial score (nSPS) is 16.0. The Morgan fingerprint density at radius 3 is 2.48 bits per heavy atom. The zero-order valence-electron chi connectivity index (χ0n) is 12.9. The molecule has 4 heteroatoms. The molecule has 2 rings (SSSR count). The first-order valence-electron chi connectivity index (χ1n) is 7.76. The topological polar surface area (TPSA) is 46.3 Å². The molecule has 0 aromatic heterocycles. The van der Waals surface area contributed by atoms with Crippen LogP contribution in [0.4, 0.5) is 0 Å². The fourth-order valence-corrected chi connectivity index (χ4v) is 2.44. The Morgan fingerprint density at radius 2 is 1.95 bits per heavy atom. The molecule has 21 heavy (non-hydrogen) atoms. The molecule has 0 radical (unpaired) electrons. The summed E-state index contributed by atoms with van der Waals surface area (Å²) in [6.45, 7) is 5.58. The fourth-order valence-electron chi connectivity index (χ4n) is 2.31. The number of carbonyl (C=O) groups excluding carboxylic acids is 1. The van der Waals surface area contributed by atoms with Gasteiger partial charge in [0.05, 0.1) is 6.04 Å². The van der Waals surface area contributed by atoms with E-state index in [1.165, 1.54) is 18.4 Å². The molecule has 0 heterocycles. The maximum Gasteiger partial charge on any atom is 0.239 e. The lowest BCUT2D eigenvalue weighted by Crippen LogP contribution is -2.47. The van der Waals surface area contributed by atoms with E-state index in [-0.39, 0.29) is 11.8 Å². The molecule has 0 aliphatic heterocycles. The van der Waals surface area contributed by atoms with Crippen LogP contribution in [0.15, 0.2) is 24.3 Å². The highest BCUT2D eigenvalue weighted by Crippen LogP contribution is 2.30. The van der Waals surface area contributed by atoms with Crippen molar-refractivity contribution < 1.29 is 4.79 Å². The van der Waals surface area contributed by atoms with Gasteiger partial charge in [0.15, 0.2) is 0 Å². The number of benzene rings is 1. The van der Waals surface area contributed by atoms with E-state index in [4.69, 9.17) is 17.3 Å². The molecule has 1 atom stereocenters. The summed E-state index contributed by atoms with van der Waals surface area (Å²) >= 11 is 5.90. The minimum absolute atomic E-state index is 0.0888. The lowest BCUT2D eigenvalue weighted by molar-refractivity contribution is -0.133. The first-order valence-corrected chi connectivity index (χ1v) is 8.14. The molecule has 1 aromatic carbocycles. The van der Waals surface area contributed by atoms with Gasteiger partial charge in [-0.15, -0.1) is 0 Å². The van der Waals surface area contributed by atoms with Crippen molar-refractivity contribution >= 4 is 17.5 Å². The molecule has 1 aliphatic rings. The standard InChI is InChI=1S/C17H25ClN2O/c1-12(2)16(19)17(21)20(11-14-3-4-14)10-9-13-5-7-15(18)8-6-13/h5-8,12,14,16H,3-4,9-11,19H2,1-2H3/t16-/m0/s1. The third kappa shape index (κ3) is 5.01. The number of halogens is 1. The molecule has 1 amide bonds. The third-order valence-corrected chi connectivity index (χ3v) is 4.33. The van der Waals surface area contributed by atoms with Crippen LogP contribution in [0.5, 0.6) is 0 Å². The van der Waals surface area contributed by atoms with Gasteiger partial charge < -0.3 is 10.6 Å². The number of hydrogen-bond donors (Lipinski definition) is 1. The van der Waals surface area contributed by atoms with E-state index in [1.807, 2.05) is 43.0 Å². The van der Waals surface area contributed by atoms with Crippen molar-refractivity contribution in [1.82, 2.24) is 4.90 Å². The van der Waals surface area contributed by atoms with E-state index in [0.717, 1.165) is 24.5 Å². The second-order valence-electron chi connectivity index (χ2n) is 6.37. The van der Waals surface area contributed by atoms with E-state index in [9.17, 15) is 4.79 Å². The minimum Gasteiger partial charge on any atom is -0.341 e. The molecule has 0 saturated heterocycles. The lowest BCUT2D eigenvalue weighted by Gasteiger charge is -2.27. The fraction of sp³-hybridized carbons (Fsp3) is 0.588. The Kier molecular flexibility index (Phi) is 5.65. The van der Waals surface area contributed by atoms with Crippen molar-refractivity contribution in [3.8, 4) is 0 Å². The van der Waals surface area contributed by atoms with Crippen molar-refractivity contribution in [3.63, 3.8) is 0 Å². The molecular weight excluding hydrogens is 284 g/mol. The van der Waals surface area contributed by atoms with Gasteiger partial charge in [0.2, 0.25) is 5.91 Å². The molecule has 0 unspecified atom stereocenters. The predicted molar refractivity (Wildman–Crippen MR) is 87.3 cm³/mol. The van der Waals surface area contributed by atoms with Gasteiger partial charge in [0.25, 0.3) is 0 Å². The highest BCUT2D eigenvalue weighted by atomic mass is 35.5. The first kappa shape index (κ1) is 16.3. The summed E-state index contributed by atoms with van der Waals surface area (Å²) in [5, 5.41) is 0.742. The van der Waals surface area contributed by atoms with Crippen LogP contribution in [-0.2, 0) is 11.2 Å². The lowest BCUT2D eigenvalue weighted by atomic mass is 10.0. The van der Waals surface area contributed by atoms with Crippen molar-refractivity contribution in [2.75, 3.05) is 13.1 Å². The van der Waals surface area contributed by atoms with Gasteiger partial charge in [0, 0.05) is 18.1 Å². The Hall–Kier alpha value is -1.06. The van der Waals surface area contributed by atoms with Gasteiger partial charge >= 0.3 is 0 Å². The third-order valence-electron chi connectivity index (χ3n) is 4.07. The van der Waals surface area contributed by atoms with Crippen LogP contribution in [0.25, 0.3) is 0 Å². The van der Waals surface area contributed by atoms with Crippen molar-refractivity contribution in [2.45, 2.75) is 39.2 Å². The molecular formula is C17H25ClN2O. The predicted octanol–water partition coefficient (Wildman–Crippen LogP) is 3.10. The summed E-state index contributed by atoms with van der Waals surface area (Å²) in [4.78, 5) is 14.5. The number of carbonyl (C=O) groups is 1. The monoisotopic (exact) mass is 308 g/mol. The van der Waals surface area contributed by atoms with Crippen molar-refractivity contribution in [2.24, 2.45) is 17.6 Å². The summed E-state index contributed by atoms with van der Waals surface area (Å²) in [5.41, 5.74) is 7.24. The van der Waals surface area contributed by atoms with E-state index >= 15 is 0 Å². The van der Waals surface area contributed by atoms with Crippen LogP contribution >= 0.6 is 11.6 Å². The molecule has 1 aromatic rings. The summed E-state index contributed by atoms with van der Waals surface area (Å²) in [5.74, 6) is 0.944. The molecule has 3 nitrogen and oxygen atoms in total. The van der Waals surface area contributed by atoms with E-state index in [0.29, 0.717) is 5.92 Å². The Labute approximate surface area is 132 Å².